The molecule has 0 heterocycles. The second-order valence-corrected chi connectivity index (χ2v) is 2.69. The van der Waals surface area contributed by atoms with E-state index in [9.17, 15) is 4.39 Å². The van der Waals surface area contributed by atoms with Gasteiger partial charge in [-0.25, -0.2) is 4.39 Å². The van der Waals surface area contributed by atoms with E-state index in [4.69, 9.17) is 5.73 Å². The van der Waals surface area contributed by atoms with Crippen LogP contribution in [-0.2, 0) is 0 Å². The van der Waals surface area contributed by atoms with Gasteiger partial charge in [0.15, 0.2) is 0 Å². The highest BCUT2D eigenvalue weighted by Gasteiger charge is 2.03. The summed E-state index contributed by atoms with van der Waals surface area (Å²) < 4.78 is 12.7. The number of hydrogen-bond donors (Lipinski definition) is 1. The molecule has 0 unspecified atom stereocenters. The molecule has 0 aliphatic carbocycles. The lowest BCUT2D eigenvalue weighted by molar-refractivity contribution is 0.619. The zero-order valence-corrected chi connectivity index (χ0v) is 6.83. The van der Waals surface area contributed by atoms with Gasteiger partial charge in [-0.3, -0.25) is 0 Å². The van der Waals surface area contributed by atoms with Crippen molar-refractivity contribution in [3.05, 3.63) is 48.3 Å². The minimum Gasteiger partial charge on any atom is -0.324 e. The molecule has 12 heavy (non-hydrogen) atoms. The van der Waals surface area contributed by atoms with E-state index in [1.165, 1.54) is 12.1 Å². The molecule has 0 spiro atoms. The van der Waals surface area contributed by atoms with Crippen molar-refractivity contribution in [1.82, 2.24) is 0 Å². The molecule has 1 atom stereocenters. The predicted molar refractivity (Wildman–Crippen MR) is 48.1 cm³/mol. The summed E-state index contributed by atoms with van der Waals surface area (Å²) >= 11 is 0. The van der Waals surface area contributed by atoms with Crippen LogP contribution in [0, 0.1) is 5.82 Å². The van der Waals surface area contributed by atoms with Crippen molar-refractivity contribution in [2.75, 3.05) is 0 Å². The van der Waals surface area contributed by atoms with E-state index in [1.54, 1.807) is 12.1 Å². The Kier molecular flexibility index (Phi) is 3.00. The minimum absolute atomic E-state index is 0.141. The summed E-state index contributed by atoms with van der Waals surface area (Å²) in [4.78, 5) is 0. The second-order valence-electron chi connectivity index (χ2n) is 2.69. The van der Waals surface area contributed by atoms with Crippen LogP contribution in [0.1, 0.15) is 18.0 Å². The largest absolute Gasteiger partial charge is 0.324 e. The molecular weight excluding hydrogens is 153 g/mol. The first-order valence-corrected chi connectivity index (χ1v) is 3.86. The lowest BCUT2D eigenvalue weighted by Gasteiger charge is -2.08. The van der Waals surface area contributed by atoms with Gasteiger partial charge in [0.25, 0.3) is 0 Å². The van der Waals surface area contributed by atoms with Crippen LogP contribution >= 0.6 is 0 Å². The average Bonchev–Trinajstić information content (AvgIpc) is 2.05. The van der Waals surface area contributed by atoms with E-state index in [2.05, 4.69) is 6.58 Å². The summed E-state index contributed by atoms with van der Waals surface area (Å²) in [6.07, 6.45) is 2.40. The molecule has 2 N–H and O–H groups in total. The van der Waals surface area contributed by atoms with E-state index in [0.29, 0.717) is 6.42 Å². The van der Waals surface area contributed by atoms with Crippen LogP contribution in [0.4, 0.5) is 4.39 Å². The van der Waals surface area contributed by atoms with Crippen molar-refractivity contribution in [3.8, 4) is 0 Å². The molecule has 64 valence electrons. The maximum Gasteiger partial charge on any atom is 0.123 e. The topological polar surface area (TPSA) is 26.0 Å². The molecule has 0 fully saturated rings. The van der Waals surface area contributed by atoms with Gasteiger partial charge in [0.2, 0.25) is 0 Å². The molecule has 0 aromatic heterocycles. The second kappa shape index (κ2) is 4.02. The van der Waals surface area contributed by atoms with Crippen molar-refractivity contribution in [1.29, 1.82) is 0 Å². The third-order valence-electron chi connectivity index (χ3n) is 1.70. The third kappa shape index (κ3) is 2.17. The van der Waals surface area contributed by atoms with Gasteiger partial charge in [0.1, 0.15) is 5.82 Å². The van der Waals surface area contributed by atoms with E-state index in [1.807, 2.05) is 6.07 Å². The molecule has 0 aliphatic rings. The molecule has 1 aromatic carbocycles. The van der Waals surface area contributed by atoms with E-state index >= 15 is 0 Å². The van der Waals surface area contributed by atoms with E-state index in [-0.39, 0.29) is 11.9 Å². The maximum atomic E-state index is 12.7. The van der Waals surface area contributed by atoms with Crippen molar-refractivity contribution in [2.45, 2.75) is 12.5 Å². The van der Waals surface area contributed by atoms with E-state index in [0.717, 1.165) is 5.56 Å². The van der Waals surface area contributed by atoms with E-state index < -0.39 is 0 Å². The van der Waals surface area contributed by atoms with Gasteiger partial charge in [-0.1, -0.05) is 18.2 Å². The molecule has 0 aliphatic heterocycles. The molecule has 1 rings (SSSR count). The SMILES string of the molecule is C=CC[C@@H](N)c1cccc(F)c1. The first-order chi connectivity index (χ1) is 5.74. The Hall–Kier alpha value is -1.15. The molecule has 1 aromatic rings. The molecule has 2 heteroatoms. The van der Waals surface area contributed by atoms with Gasteiger partial charge in [0.05, 0.1) is 0 Å². The Bertz CT molecular complexity index is 270. The first kappa shape index (κ1) is 8.94. The molecule has 0 saturated carbocycles. The van der Waals surface area contributed by atoms with Gasteiger partial charge in [0, 0.05) is 6.04 Å². The normalized spacial score (nSPS) is 12.5. The summed E-state index contributed by atoms with van der Waals surface area (Å²) in [7, 11) is 0. The highest BCUT2D eigenvalue weighted by Crippen LogP contribution is 2.14. The fourth-order valence-corrected chi connectivity index (χ4v) is 1.05. The lowest BCUT2D eigenvalue weighted by atomic mass is 10.1. The van der Waals surface area contributed by atoms with Gasteiger partial charge in [-0.05, 0) is 24.1 Å². The molecule has 0 amide bonds. The summed E-state index contributed by atoms with van der Waals surface area (Å²) in [6, 6.07) is 6.20. The molecule has 1 nitrogen and oxygen atoms in total. The Labute approximate surface area is 71.7 Å². The predicted octanol–water partition coefficient (Wildman–Crippen LogP) is 2.40. The standard InChI is InChI=1S/C10H12FN/c1-2-4-10(12)8-5-3-6-9(11)7-8/h2-3,5-7,10H,1,4,12H2/t10-/m1/s1. The summed E-state index contributed by atoms with van der Waals surface area (Å²) in [6.45, 7) is 3.57. The quantitative estimate of drug-likeness (QED) is 0.684. The first-order valence-electron chi connectivity index (χ1n) is 3.86. The van der Waals surface area contributed by atoms with Crippen molar-refractivity contribution in [3.63, 3.8) is 0 Å². The van der Waals surface area contributed by atoms with Crippen LogP contribution in [0.2, 0.25) is 0 Å². The fraction of sp³-hybridized carbons (Fsp3) is 0.200. The summed E-state index contributed by atoms with van der Waals surface area (Å²) in [5, 5.41) is 0. The van der Waals surface area contributed by atoms with Gasteiger partial charge >= 0.3 is 0 Å². The van der Waals surface area contributed by atoms with Crippen LogP contribution in [0.15, 0.2) is 36.9 Å². The van der Waals surface area contributed by atoms with Crippen LogP contribution in [0.3, 0.4) is 0 Å². The number of nitrogens with two attached hydrogens (primary N) is 1. The zero-order valence-electron chi connectivity index (χ0n) is 6.83. The van der Waals surface area contributed by atoms with Crippen LogP contribution in [-0.4, -0.2) is 0 Å². The van der Waals surface area contributed by atoms with Crippen LogP contribution in [0.25, 0.3) is 0 Å². The Morgan fingerprint density at radius 1 is 1.58 bits per heavy atom. The monoisotopic (exact) mass is 165 g/mol. The highest BCUT2D eigenvalue weighted by molar-refractivity contribution is 5.20. The third-order valence-corrected chi connectivity index (χ3v) is 1.70. The number of rotatable bonds is 3. The maximum absolute atomic E-state index is 12.7. The number of halogens is 1. The van der Waals surface area contributed by atoms with Gasteiger partial charge in [-0.15, -0.1) is 6.58 Å². The van der Waals surface area contributed by atoms with Crippen LogP contribution < -0.4 is 5.73 Å². The zero-order chi connectivity index (χ0) is 8.97. The van der Waals surface area contributed by atoms with Gasteiger partial charge < -0.3 is 5.73 Å². The van der Waals surface area contributed by atoms with Crippen LogP contribution in [0.5, 0.6) is 0 Å². The summed E-state index contributed by atoms with van der Waals surface area (Å²) in [5.41, 5.74) is 6.55. The van der Waals surface area contributed by atoms with Gasteiger partial charge in [-0.2, -0.15) is 0 Å². The summed E-state index contributed by atoms with van der Waals surface area (Å²) in [5.74, 6) is -0.244. The number of benzene rings is 1. The minimum atomic E-state index is -0.244. The highest BCUT2D eigenvalue weighted by atomic mass is 19.1. The van der Waals surface area contributed by atoms with Crippen molar-refractivity contribution < 1.29 is 4.39 Å². The smallest absolute Gasteiger partial charge is 0.123 e. The number of hydrogen-bond acceptors (Lipinski definition) is 1. The average molecular weight is 165 g/mol. The van der Waals surface area contributed by atoms with Crippen molar-refractivity contribution >= 4 is 0 Å². The Morgan fingerprint density at radius 3 is 2.92 bits per heavy atom. The molecular formula is C10H12FN. The van der Waals surface area contributed by atoms with Crippen molar-refractivity contribution in [2.24, 2.45) is 5.73 Å². The molecule has 0 saturated heterocycles. The fourth-order valence-electron chi connectivity index (χ4n) is 1.05. The molecule has 0 bridgehead atoms. The molecule has 0 radical (unpaired) electrons. The Morgan fingerprint density at radius 2 is 2.33 bits per heavy atom. The lowest BCUT2D eigenvalue weighted by Crippen LogP contribution is -2.08. The Balaban J connectivity index is 2.80.